The maximum absolute atomic E-state index is 5.05. The lowest BCUT2D eigenvalue weighted by molar-refractivity contribution is 0.214. The van der Waals surface area contributed by atoms with Crippen LogP contribution < -0.4 is 4.74 Å². The molecule has 0 unspecified atom stereocenters. The molecule has 0 amide bonds. The molecular formula is C15H16N2O2. The number of rotatable bonds is 4. The van der Waals surface area contributed by atoms with E-state index in [0.29, 0.717) is 5.88 Å². The van der Waals surface area contributed by atoms with Crippen LogP contribution in [0.2, 0.25) is 0 Å². The first-order valence-corrected chi connectivity index (χ1v) is 5.93. The third-order valence-corrected chi connectivity index (χ3v) is 2.73. The quantitative estimate of drug-likeness (QED) is 0.624. The fourth-order valence-corrected chi connectivity index (χ4v) is 1.72. The predicted molar refractivity (Wildman–Crippen MR) is 74.6 cm³/mol. The molecule has 1 aromatic carbocycles. The van der Waals surface area contributed by atoms with Gasteiger partial charge in [0.25, 0.3) is 0 Å². The lowest BCUT2D eigenvalue weighted by Crippen LogP contribution is -2.05. The summed E-state index contributed by atoms with van der Waals surface area (Å²) in [5.41, 5.74) is 3.82. The first-order valence-electron chi connectivity index (χ1n) is 5.93. The zero-order valence-corrected chi connectivity index (χ0v) is 11.3. The maximum atomic E-state index is 5.05. The number of ether oxygens (including phenoxy) is 1. The molecule has 0 saturated carbocycles. The van der Waals surface area contributed by atoms with Crippen LogP contribution in [-0.4, -0.2) is 24.9 Å². The van der Waals surface area contributed by atoms with Crippen molar-refractivity contribution in [3.8, 4) is 5.88 Å². The molecule has 0 fully saturated rings. The Morgan fingerprint density at radius 3 is 2.21 bits per heavy atom. The molecule has 0 aliphatic rings. The van der Waals surface area contributed by atoms with E-state index in [9.17, 15) is 0 Å². The Labute approximate surface area is 112 Å². The zero-order valence-electron chi connectivity index (χ0n) is 11.3. The first-order chi connectivity index (χ1) is 9.24. The van der Waals surface area contributed by atoms with E-state index >= 15 is 0 Å². The van der Waals surface area contributed by atoms with Gasteiger partial charge in [-0.25, -0.2) is 4.98 Å². The fourth-order valence-electron chi connectivity index (χ4n) is 1.72. The average molecular weight is 256 g/mol. The molecule has 4 nitrogen and oxygen atoms in total. The Morgan fingerprint density at radius 1 is 1.00 bits per heavy atom. The number of hydrogen-bond donors (Lipinski definition) is 0. The number of nitrogens with zero attached hydrogens (tertiary/aromatic N) is 2. The summed E-state index contributed by atoms with van der Waals surface area (Å²) in [7, 11) is 3.12. The minimum Gasteiger partial charge on any atom is -0.481 e. The highest BCUT2D eigenvalue weighted by Crippen LogP contribution is 2.14. The van der Waals surface area contributed by atoms with Crippen molar-refractivity contribution in [2.45, 2.75) is 6.92 Å². The number of aromatic nitrogens is 1. The fraction of sp³-hybridized carbons (Fsp3) is 0.200. The molecule has 0 aliphatic carbocycles. The summed E-state index contributed by atoms with van der Waals surface area (Å²) >= 11 is 0. The average Bonchev–Trinajstić information content (AvgIpc) is 2.46. The molecule has 0 bridgehead atoms. The van der Waals surface area contributed by atoms with E-state index in [1.54, 1.807) is 19.4 Å². The number of pyridine rings is 1. The SMILES string of the molecule is CO/N=C(/c1ccc(C)cc1)c1ccc(OC)nc1. The van der Waals surface area contributed by atoms with Crippen molar-refractivity contribution in [2.75, 3.05) is 14.2 Å². The zero-order chi connectivity index (χ0) is 13.7. The molecule has 0 saturated heterocycles. The first kappa shape index (κ1) is 13.1. The van der Waals surface area contributed by atoms with Crippen molar-refractivity contribution in [2.24, 2.45) is 5.16 Å². The van der Waals surface area contributed by atoms with Gasteiger partial charge in [0.05, 0.1) is 7.11 Å². The summed E-state index contributed by atoms with van der Waals surface area (Å²) in [5, 5.41) is 4.09. The monoisotopic (exact) mass is 256 g/mol. The number of hydrogen-bond acceptors (Lipinski definition) is 4. The van der Waals surface area contributed by atoms with E-state index in [2.05, 4.69) is 10.1 Å². The highest BCUT2D eigenvalue weighted by molar-refractivity contribution is 6.12. The summed E-state index contributed by atoms with van der Waals surface area (Å²) < 4.78 is 5.05. The molecule has 19 heavy (non-hydrogen) atoms. The van der Waals surface area contributed by atoms with Crippen LogP contribution in [0, 0.1) is 6.92 Å². The second-order valence-electron chi connectivity index (χ2n) is 4.08. The van der Waals surface area contributed by atoms with Gasteiger partial charge >= 0.3 is 0 Å². The van der Waals surface area contributed by atoms with Crippen molar-refractivity contribution >= 4 is 5.71 Å². The Bertz CT molecular complexity index is 560. The van der Waals surface area contributed by atoms with E-state index in [1.165, 1.54) is 12.7 Å². The molecule has 1 aromatic heterocycles. The highest BCUT2D eigenvalue weighted by Gasteiger charge is 2.08. The molecule has 0 atom stereocenters. The lowest BCUT2D eigenvalue weighted by atomic mass is 10.0. The molecule has 1 heterocycles. The number of aryl methyl sites for hydroxylation is 1. The molecule has 2 rings (SSSR count). The van der Waals surface area contributed by atoms with E-state index in [1.807, 2.05) is 37.3 Å². The van der Waals surface area contributed by atoms with Crippen LogP contribution in [0.15, 0.2) is 47.8 Å². The number of benzene rings is 1. The summed E-state index contributed by atoms with van der Waals surface area (Å²) in [6.45, 7) is 2.05. The van der Waals surface area contributed by atoms with Crippen molar-refractivity contribution in [1.82, 2.24) is 4.98 Å². The summed E-state index contributed by atoms with van der Waals surface area (Å²) in [6.07, 6.45) is 1.72. The van der Waals surface area contributed by atoms with Gasteiger partial charge in [0.15, 0.2) is 0 Å². The largest absolute Gasteiger partial charge is 0.481 e. The smallest absolute Gasteiger partial charge is 0.212 e. The normalized spacial score (nSPS) is 11.2. The summed E-state index contributed by atoms with van der Waals surface area (Å²) in [5.74, 6) is 0.574. The van der Waals surface area contributed by atoms with Crippen LogP contribution in [0.1, 0.15) is 16.7 Å². The molecule has 0 aliphatic heterocycles. The van der Waals surface area contributed by atoms with Crippen LogP contribution in [0.4, 0.5) is 0 Å². The third-order valence-electron chi connectivity index (χ3n) is 2.73. The van der Waals surface area contributed by atoms with Gasteiger partial charge < -0.3 is 9.57 Å². The van der Waals surface area contributed by atoms with Crippen LogP contribution in [-0.2, 0) is 4.84 Å². The minimum atomic E-state index is 0.574. The topological polar surface area (TPSA) is 43.7 Å². The Balaban J connectivity index is 2.39. The van der Waals surface area contributed by atoms with Gasteiger partial charge in [0.2, 0.25) is 5.88 Å². The van der Waals surface area contributed by atoms with Crippen LogP contribution in [0.3, 0.4) is 0 Å². The standard InChI is InChI=1S/C15H16N2O2/c1-11-4-6-12(7-5-11)15(17-19-3)13-8-9-14(18-2)16-10-13/h4-10H,1-3H3/b17-15-. The third kappa shape index (κ3) is 3.10. The second kappa shape index (κ2) is 6.00. The molecule has 0 N–H and O–H groups in total. The van der Waals surface area contributed by atoms with Crippen LogP contribution >= 0.6 is 0 Å². The van der Waals surface area contributed by atoms with Gasteiger partial charge in [0.1, 0.15) is 12.8 Å². The molecule has 4 heteroatoms. The molecule has 98 valence electrons. The van der Waals surface area contributed by atoms with E-state index < -0.39 is 0 Å². The maximum Gasteiger partial charge on any atom is 0.212 e. The van der Waals surface area contributed by atoms with Crippen LogP contribution in [0.25, 0.3) is 0 Å². The van der Waals surface area contributed by atoms with Crippen molar-refractivity contribution < 1.29 is 9.57 Å². The van der Waals surface area contributed by atoms with E-state index in [0.717, 1.165) is 16.8 Å². The molecule has 0 radical (unpaired) electrons. The molecule has 2 aromatic rings. The van der Waals surface area contributed by atoms with Crippen molar-refractivity contribution in [3.05, 3.63) is 59.3 Å². The van der Waals surface area contributed by atoms with Gasteiger partial charge in [-0.15, -0.1) is 0 Å². The molecule has 0 spiro atoms. The van der Waals surface area contributed by atoms with Gasteiger partial charge in [-0.3, -0.25) is 0 Å². The minimum absolute atomic E-state index is 0.574. The summed E-state index contributed by atoms with van der Waals surface area (Å²) in [6, 6.07) is 11.8. The predicted octanol–water partition coefficient (Wildman–Crippen LogP) is 2.80. The Hall–Kier alpha value is -2.36. The van der Waals surface area contributed by atoms with Crippen molar-refractivity contribution in [3.63, 3.8) is 0 Å². The lowest BCUT2D eigenvalue weighted by Gasteiger charge is -2.07. The van der Waals surface area contributed by atoms with E-state index in [-0.39, 0.29) is 0 Å². The van der Waals surface area contributed by atoms with Gasteiger partial charge in [-0.05, 0) is 13.0 Å². The number of methoxy groups -OCH3 is 1. The van der Waals surface area contributed by atoms with Gasteiger partial charge in [-0.1, -0.05) is 35.0 Å². The van der Waals surface area contributed by atoms with Gasteiger partial charge in [-0.2, -0.15) is 0 Å². The Morgan fingerprint density at radius 2 is 1.68 bits per heavy atom. The summed E-state index contributed by atoms with van der Waals surface area (Å²) in [4.78, 5) is 9.11. The second-order valence-corrected chi connectivity index (χ2v) is 4.08. The van der Waals surface area contributed by atoms with Crippen molar-refractivity contribution in [1.29, 1.82) is 0 Å². The molecular weight excluding hydrogens is 240 g/mol. The number of oxime groups is 1. The van der Waals surface area contributed by atoms with Gasteiger partial charge in [0, 0.05) is 23.4 Å². The highest BCUT2D eigenvalue weighted by atomic mass is 16.6. The Kier molecular flexibility index (Phi) is 4.13. The van der Waals surface area contributed by atoms with Crippen LogP contribution in [0.5, 0.6) is 5.88 Å². The van der Waals surface area contributed by atoms with E-state index in [4.69, 9.17) is 9.57 Å².